The number of methoxy groups -OCH3 is 1. The number of carbonyl (C=O) groups excluding carboxylic acids is 1. The Labute approximate surface area is 152 Å². The number of nitrogens with one attached hydrogen (secondary N) is 2. The van der Waals surface area contributed by atoms with Crippen LogP contribution in [0.5, 0.6) is 0 Å². The van der Waals surface area contributed by atoms with E-state index in [1.54, 1.807) is 18.0 Å². The van der Waals surface area contributed by atoms with Gasteiger partial charge in [-0.2, -0.15) is 0 Å². The third-order valence-electron chi connectivity index (χ3n) is 4.19. The quantitative estimate of drug-likeness (QED) is 0.631. The molecule has 1 aromatic rings. The largest absolute Gasteiger partial charge is 0.453 e. The molecule has 0 atom stereocenters. The van der Waals surface area contributed by atoms with Crippen LogP contribution in [0.15, 0.2) is 23.2 Å². The zero-order valence-electron chi connectivity index (χ0n) is 14.5. The van der Waals surface area contributed by atoms with Gasteiger partial charge in [-0.15, -0.1) is 0 Å². The van der Waals surface area contributed by atoms with Gasteiger partial charge in [0, 0.05) is 37.7 Å². The number of ether oxygens (including phenoxy) is 1. The number of amides is 1. The molecule has 1 amide bonds. The first-order chi connectivity index (χ1) is 12.0. The molecule has 1 saturated heterocycles. The van der Waals surface area contributed by atoms with E-state index in [-0.39, 0.29) is 18.0 Å². The van der Waals surface area contributed by atoms with Gasteiger partial charge in [0.15, 0.2) is 5.96 Å². The minimum atomic E-state index is -0.336. The molecule has 2 N–H and O–H groups in total. The number of rotatable bonds is 4. The summed E-state index contributed by atoms with van der Waals surface area (Å²) in [5.41, 5.74) is 0.886. The standard InChI is InChI=1S/C17H24ClFN4O2/c1-20-16(21-8-5-12-3-4-13(19)11-15(12)18)22-14-6-9-23(10-7-14)17(24)25-2/h3-4,11,14H,5-10H2,1-2H3,(H2,20,21,22). The molecule has 1 fully saturated rings. The zero-order chi connectivity index (χ0) is 18.2. The maximum absolute atomic E-state index is 13.1. The molecule has 1 aromatic carbocycles. The fraction of sp³-hybridized carbons (Fsp3) is 0.529. The van der Waals surface area contributed by atoms with Crippen molar-refractivity contribution in [2.45, 2.75) is 25.3 Å². The highest BCUT2D eigenvalue weighted by molar-refractivity contribution is 6.31. The molecule has 1 aliphatic heterocycles. The van der Waals surface area contributed by atoms with Crippen molar-refractivity contribution in [2.24, 2.45) is 4.99 Å². The Balaban J connectivity index is 1.75. The summed E-state index contributed by atoms with van der Waals surface area (Å²) < 4.78 is 17.8. The summed E-state index contributed by atoms with van der Waals surface area (Å²) in [6, 6.07) is 4.67. The second kappa shape index (κ2) is 9.46. The summed E-state index contributed by atoms with van der Waals surface area (Å²) in [6.45, 7) is 1.95. The molecule has 0 radical (unpaired) electrons. The van der Waals surface area contributed by atoms with Crippen molar-refractivity contribution < 1.29 is 13.9 Å². The molecule has 0 aromatic heterocycles. The van der Waals surface area contributed by atoms with Gasteiger partial charge in [-0.05, 0) is 37.0 Å². The van der Waals surface area contributed by atoms with E-state index < -0.39 is 0 Å². The molecule has 0 unspecified atom stereocenters. The highest BCUT2D eigenvalue weighted by Gasteiger charge is 2.23. The number of guanidine groups is 1. The van der Waals surface area contributed by atoms with Crippen LogP contribution < -0.4 is 10.6 Å². The lowest BCUT2D eigenvalue weighted by Gasteiger charge is -2.32. The average Bonchev–Trinajstić information content (AvgIpc) is 2.62. The van der Waals surface area contributed by atoms with Gasteiger partial charge in [0.05, 0.1) is 7.11 Å². The van der Waals surface area contributed by atoms with Crippen LogP contribution in [0.25, 0.3) is 0 Å². The van der Waals surface area contributed by atoms with Crippen molar-refractivity contribution in [1.82, 2.24) is 15.5 Å². The van der Waals surface area contributed by atoms with Gasteiger partial charge in [0.1, 0.15) is 5.82 Å². The number of carbonyl (C=O) groups is 1. The predicted octanol–water partition coefficient (Wildman–Crippen LogP) is 2.42. The number of likely N-dealkylation sites (tertiary alicyclic amines) is 1. The van der Waals surface area contributed by atoms with E-state index in [4.69, 9.17) is 16.3 Å². The van der Waals surface area contributed by atoms with Crippen LogP contribution in [0, 0.1) is 5.82 Å². The Morgan fingerprint density at radius 3 is 2.76 bits per heavy atom. The number of benzene rings is 1. The first-order valence-electron chi connectivity index (χ1n) is 8.27. The van der Waals surface area contributed by atoms with Crippen molar-refractivity contribution >= 4 is 23.7 Å². The molecule has 2 rings (SSSR count). The van der Waals surface area contributed by atoms with Crippen LogP contribution in [0.1, 0.15) is 18.4 Å². The normalized spacial score (nSPS) is 15.8. The van der Waals surface area contributed by atoms with E-state index >= 15 is 0 Å². The number of halogens is 2. The Morgan fingerprint density at radius 2 is 2.16 bits per heavy atom. The summed E-state index contributed by atoms with van der Waals surface area (Å²) in [5, 5.41) is 7.02. The van der Waals surface area contributed by atoms with Crippen LogP contribution in [-0.4, -0.2) is 56.8 Å². The lowest BCUT2D eigenvalue weighted by atomic mass is 10.1. The fourth-order valence-corrected chi connectivity index (χ4v) is 3.03. The lowest BCUT2D eigenvalue weighted by molar-refractivity contribution is 0.111. The SMILES string of the molecule is CN=C(NCCc1ccc(F)cc1Cl)NC1CCN(C(=O)OC)CC1. The third kappa shape index (κ3) is 5.77. The van der Waals surface area contributed by atoms with E-state index in [0.29, 0.717) is 37.0 Å². The van der Waals surface area contributed by atoms with E-state index in [0.717, 1.165) is 18.4 Å². The molecule has 1 heterocycles. The first-order valence-corrected chi connectivity index (χ1v) is 8.65. The molecule has 138 valence electrons. The van der Waals surface area contributed by atoms with Crippen LogP contribution in [0.2, 0.25) is 5.02 Å². The van der Waals surface area contributed by atoms with Gasteiger partial charge >= 0.3 is 6.09 Å². The molecular weight excluding hydrogens is 347 g/mol. The predicted molar refractivity (Wildman–Crippen MR) is 96.6 cm³/mol. The average molecular weight is 371 g/mol. The maximum Gasteiger partial charge on any atom is 0.409 e. The molecule has 0 aliphatic carbocycles. The summed E-state index contributed by atoms with van der Waals surface area (Å²) in [4.78, 5) is 17.4. The van der Waals surface area contributed by atoms with E-state index in [1.807, 2.05) is 0 Å². The van der Waals surface area contributed by atoms with E-state index in [1.165, 1.54) is 19.2 Å². The summed E-state index contributed by atoms with van der Waals surface area (Å²) in [7, 11) is 3.11. The first kappa shape index (κ1) is 19.3. The van der Waals surface area contributed by atoms with Crippen molar-refractivity contribution in [2.75, 3.05) is 33.8 Å². The van der Waals surface area contributed by atoms with Crippen LogP contribution in [0.3, 0.4) is 0 Å². The van der Waals surface area contributed by atoms with Gasteiger partial charge in [-0.3, -0.25) is 4.99 Å². The molecule has 0 bridgehead atoms. The lowest BCUT2D eigenvalue weighted by Crippen LogP contribution is -2.50. The maximum atomic E-state index is 13.1. The van der Waals surface area contributed by atoms with Crippen molar-refractivity contribution in [3.8, 4) is 0 Å². The molecular formula is C17H24ClFN4O2. The number of hydrogen-bond acceptors (Lipinski definition) is 3. The molecule has 0 saturated carbocycles. The van der Waals surface area contributed by atoms with Gasteiger partial charge < -0.3 is 20.3 Å². The summed E-state index contributed by atoms with van der Waals surface area (Å²) in [5.74, 6) is 0.368. The van der Waals surface area contributed by atoms with Crippen LogP contribution >= 0.6 is 11.6 Å². The van der Waals surface area contributed by atoms with E-state index in [2.05, 4.69) is 15.6 Å². The smallest absolute Gasteiger partial charge is 0.409 e. The molecule has 8 heteroatoms. The van der Waals surface area contributed by atoms with E-state index in [9.17, 15) is 9.18 Å². The van der Waals surface area contributed by atoms with Crippen molar-refractivity contribution in [1.29, 1.82) is 0 Å². The second-order valence-electron chi connectivity index (χ2n) is 5.86. The zero-order valence-corrected chi connectivity index (χ0v) is 15.3. The number of hydrogen-bond donors (Lipinski definition) is 2. The van der Waals surface area contributed by atoms with Crippen LogP contribution in [-0.2, 0) is 11.2 Å². The minimum Gasteiger partial charge on any atom is -0.453 e. The monoisotopic (exact) mass is 370 g/mol. The second-order valence-corrected chi connectivity index (χ2v) is 6.27. The van der Waals surface area contributed by atoms with Gasteiger partial charge in [-0.25, -0.2) is 9.18 Å². The Morgan fingerprint density at radius 1 is 1.44 bits per heavy atom. The highest BCUT2D eigenvalue weighted by Crippen LogP contribution is 2.17. The number of piperidine rings is 1. The van der Waals surface area contributed by atoms with Gasteiger partial charge in [0.25, 0.3) is 0 Å². The summed E-state index contributed by atoms with van der Waals surface area (Å²) in [6.07, 6.45) is 2.05. The van der Waals surface area contributed by atoms with Crippen molar-refractivity contribution in [3.05, 3.63) is 34.6 Å². The Hall–Kier alpha value is -2.02. The topological polar surface area (TPSA) is 66.0 Å². The Bertz CT molecular complexity index is 619. The molecule has 0 spiro atoms. The highest BCUT2D eigenvalue weighted by atomic mass is 35.5. The third-order valence-corrected chi connectivity index (χ3v) is 4.55. The van der Waals surface area contributed by atoms with Gasteiger partial charge in [-0.1, -0.05) is 17.7 Å². The Kier molecular flexibility index (Phi) is 7.31. The van der Waals surface area contributed by atoms with Gasteiger partial charge in [0.2, 0.25) is 0 Å². The number of nitrogens with zero attached hydrogens (tertiary/aromatic N) is 2. The minimum absolute atomic E-state index is 0.251. The molecule has 6 nitrogen and oxygen atoms in total. The number of aliphatic imine (C=N–C) groups is 1. The summed E-state index contributed by atoms with van der Waals surface area (Å²) >= 11 is 6.03. The molecule has 1 aliphatic rings. The molecule has 25 heavy (non-hydrogen) atoms. The fourth-order valence-electron chi connectivity index (χ4n) is 2.76. The van der Waals surface area contributed by atoms with Crippen molar-refractivity contribution in [3.63, 3.8) is 0 Å². The van der Waals surface area contributed by atoms with Crippen LogP contribution in [0.4, 0.5) is 9.18 Å².